The molecule has 0 radical (unpaired) electrons. The molecule has 9 heteroatoms. The number of aromatic nitrogens is 4. The summed E-state index contributed by atoms with van der Waals surface area (Å²) in [5.74, 6) is 0.403. The van der Waals surface area contributed by atoms with E-state index in [1.807, 2.05) is 0 Å². The molecule has 1 aromatic heterocycles. The Morgan fingerprint density at radius 2 is 2.36 bits per heavy atom. The number of nitrogens with one attached hydrogen (secondary N) is 1. The van der Waals surface area contributed by atoms with Crippen LogP contribution >= 0.6 is 11.8 Å². The molecule has 2 heterocycles. The number of thioether (sulfide) groups is 1. The van der Waals surface area contributed by atoms with Gasteiger partial charge in [0.15, 0.2) is 0 Å². The zero-order valence-electron chi connectivity index (χ0n) is 13.6. The van der Waals surface area contributed by atoms with Crippen molar-refractivity contribution in [1.29, 1.82) is 5.26 Å². The summed E-state index contributed by atoms with van der Waals surface area (Å²) in [7, 11) is 0. The van der Waals surface area contributed by atoms with Crippen molar-refractivity contribution < 1.29 is 9.53 Å². The molecule has 130 valence electrons. The molecule has 3 rings (SSSR count). The fourth-order valence-corrected chi connectivity index (χ4v) is 3.36. The molecule has 8 nitrogen and oxygen atoms in total. The average molecular weight is 358 g/mol. The Bertz CT molecular complexity index is 766. The smallest absolute Gasteiger partial charge is 0.225 e. The summed E-state index contributed by atoms with van der Waals surface area (Å²) < 4.78 is 7.32. The van der Waals surface area contributed by atoms with E-state index >= 15 is 0 Å². The number of nitriles is 1. The first kappa shape index (κ1) is 17.4. The van der Waals surface area contributed by atoms with Crippen molar-refractivity contribution in [3.8, 4) is 6.07 Å². The first-order chi connectivity index (χ1) is 12.3. The van der Waals surface area contributed by atoms with E-state index < -0.39 is 0 Å². The molecule has 1 atom stereocenters. The second-order valence-electron chi connectivity index (χ2n) is 5.58. The molecule has 1 N–H and O–H groups in total. The number of amides is 1. The van der Waals surface area contributed by atoms with E-state index in [4.69, 9.17) is 10.00 Å². The van der Waals surface area contributed by atoms with Crippen LogP contribution in [0.5, 0.6) is 0 Å². The van der Waals surface area contributed by atoms with Gasteiger partial charge in [0.05, 0.1) is 23.9 Å². The number of carbonyl (C=O) groups is 1. The van der Waals surface area contributed by atoms with Gasteiger partial charge in [-0.05, 0) is 35.4 Å². The average Bonchev–Trinajstić information content (AvgIpc) is 3.28. The standard InChI is InChI=1S/C16H18N6O2S/c17-10-12-4-1-2-6-14(12)18-15(23)7-9-25-16-19-20-21-22(16)11-13-5-3-8-24-13/h1-2,4,6,13H,3,5,7-9,11H2,(H,18,23). The molecule has 1 aliphatic heterocycles. The third kappa shape index (κ3) is 4.78. The first-order valence-electron chi connectivity index (χ1n) is 8.06. The Hall–Kier alpha value is -2.44. The van der Waals surface area contributed by atoms with E-state index in [0.29, 0.717) is 35.1 Å². The molecule has 1 unspecified atom stereocenters. The van der Waals surface area contributed by atoms with Gasteiger partial charge in [-0.3, -0.25) is 4.79 Å². The number of benzene rings is 1. The van der Waals surface area contributed by atoms with Crippen molar-refractivity contribution in [2.45, 2.75) is 37.1 Å². The molecular weight excluding hydrogens is 340 g/mol. The maximum atomic E-state index is 12.1. The van der Waals surface area contributed by atoms with Crippen molar-refractivity contribution in [3.05, 3.63) is 29.8 Å². The maximum Gasteiger partial charge on any atom is 0.225 e. The molecule has 0 aliphatic carbocycles. The van der Waals surface area contributed by atoms with Crippen molar-refractivity contribution in [2.75, 3.05) is 17.7 Å². The zero-order chi connectivity index (χ0) is 17.5. The number of para-hydroxylation sites is 1. The second kappa shape index (κ2) is 8.60. The van der Waals surface area contributed by atoms with Crippen LogP contribution in [0.2, 0.25) is 0 Å². The van der Waals surface area contributed by atoms with Gasteiger partial charge >= 0.3 is 0 Å². The van der Waals surface area contributed by atoms with Crippen LogP contribution in [0.15, 0.2) is 29.4 Å². The molecule has 0 saturated carbocycles. The summed E-state index contributed by atoms with van der Waals surface area (Å²) in [5.41, 5.74) is 0.979. The highest BCUT2D eigenvalue weighted by Crippen LogP contribution is 2.19. The Morgan fingerprint density at radius 3 is 3.16 bits per heavy atom. The minimum absolute atomic E-state index is 0.145. The maximum absolute atomic E-state index is 12.1. The lowest BCUT2D eigenvalue weighted by atomic mass is 10.2. The normalized spacial score (nSPS) is 16.5. The summed E-state index contributed by atoms with van der Waals surface area (Å²) in [5, 5.41) is 24.2. The summed E-state index contributed by atoms with van der Waals surface area (Å²) in [4.78, 5) is 12.1. The van der Waals surface area contributed by atoms with Crippen LogP contribution < -0.4 is 5.32 Å². The van der Waals surface area contributed by atoms with E-state index in [2.05, 4.69) is 26.9 Å². The molecular formula is C16H18N6O2S. The molecule has 1 aromatic carbocycles. The lowest BCUT2D eigenvalue weighted by Crippen LogP contribution is -2.17. The second-order valence-corrected chi connectivity index (χ2v) is 6.64. The van der Waals surface area contributed by atoms with Crippen LogP contribution in [-0.2, 0) is 16.1 Å². The largest absolute Gasteiger partial charge is 0.376 e. The Balaban J connectivity index is 1.47. The Kier molecular flexibility index (Phi) is 5.98. The van der Waals surface area contributed by atoms with E-state index in [-0.39, 0.29) is 12.0 Å². The zero-order valence-corrected chi connectivity index (χ0v) is 14.4. The van der Waals surface area contributed by atoms with Gasteiger partial charge in [0.2, 0.25) is 11.1 Å². The van der Waals surface area contributed by atoms with Crippen LogP contribution in [0.3, 0.4) is 0 Å². The molecule has 1 fully saturated rings. The topological polar surface area (TPSA) is 106 Å². The highest BCUT2D eigenvalue weighted by Gasteiger charge is 2.19. The first-order valence-corrected chi connectivity index (χ1v) is 9.04. The number of hydrogen-bond acceptors (Lipinski definition) is 7. The third-order valence-electron chi connectivity index (χ3n) is 3.78. The van der Waals surface area contributed by atoms with Gasteiger partial charge < -0.3 is 10.1 Å². The van der Waals surface area contributed by atoms with Crippen LogP contribution in [0.4, 0.5) is 5.69 Å². The number of ether oxygens (including phenoxy) is 1. The number of anilines is 1. The predicted molar refractivity (Wildman–Crippen MR) is 91.9 cm³/mol. The Labute approximate surface area is 149 Å². The van der Waals surface area contributed by atoms with E-state index in [9.17, 15) is 4.79 Å². The highest BCUT2D eigenvalue weighted by molar-refractivity contribution is 7.99. The number of rotatable bonds is 7. The lowest BCUT2D eigenvalue weighted by Gasteiger charge is -2.10. The molecule has 1 amide bonds. The minimum Gasteiger partial charge on any atom is -0.376 e. The van der Waals surface area contributed by atoms with Crippen LogP contribution in [0, 0.1) is 11.3 Å². The summed E-state index contributed by atoms with van der Waals surface area (Å²) >= 11 is 1.43. The summed E-state index contributed by atoms with van der Waals surface area (Å²) in [6.07, 6.45) is 2.55. The van der Waals surface area contributed by atoms with E-state index in [1.54, 1.807) is 28.9 Å². The molecule has 1 aliphatic rings. The molecule has 2 aromatic rings. The molecule has 1 saturated heterocycles. The third-order valence-corrected chi connectivity index (χ3v) is 4.74. The number of tetrazole rings is 1. The summed E-state index contributed by atoms with van der Waals surface area (Å²) in [6, 6.07) is 8.99. The fourth-order valence-electron chi connectivity index (χ4n) is 2.53. The number of hydrogen-bond donors (Lipinski definition) is 1. The van der Waals surface area contributed by atoms with Gasteiger partial charge in [-0.2, -0.15) is 5.26 Å². The highest BCUT2D eigenvalue weighted by atomic mass is 32.2. The van der Waals surface area contributed by atoms with Gasteiger partial charge in [-0.15, -0.1) is 5.10 Å². The van der Waals surface area contributed by atoms with Gasteiger partial charge in [-0.25, -0.2) is 4.68 Å². The van der Waals surface area contributed by atoms with Gasteiger partial charge in [0.25, 0.3) is 0 Å². The minimum atomic E-state index is -0.145. The van der Waals surface area contributed by atoms with Gasteiger partial charge in [0.1, 0.15) is 6.07 Å². The Morgan fingerprint density at radius 1 is 1.48 bits per heavy atom. The van der Waals surface area contributed by atoms with Crippen LogP contribution in [-0.4, -0.2) is 44.6 Å². The van der Waals surface area contributed by atoms with Gasteiger partial charge in [-0.1, -0.05) is 23.9 Å². The van der Waals surface area contributed by atoms with Crippen molar-refractivity contribution >= 4 is 23.4 Å². The van der Waals surface area contributed by atoms with Crippen molar-refractivity contribution in [1.82, 2.24) is 20.2 Å². The van der Waals surface area contributed by atoms with Crippen molar-refractivity contribution in [2.24, 2.45) is 0 Å². The number of nitrogens with zero attached hydrogens (tertiary/aromatic N) is 5. The molecule has 0 spiro atoms. The SMILES string of the molecule is N#Cc1ccccc1NC(=O)CCSc1nnnn1CC1CCCO1. The van der Waals surface area contributed by atoms with Crippen molar-refractivity contribution in [3.63, 3.8) is 0 Å². The van der Waals surface area contributed by atoms with E-state index in [0.717, 1.165) is 19.4 Å². The molecule has 0 bridgehead atoms. The number of carbonyl (C=O) groups excluding carboxylic acids is 1. The predicted octanol–water partition coefficient (Wildman–Crippen LogP) is 1.84. The van der Waals surface area contributed by atoms with Gasteiger partial charge in [0, 0.05) is 18.8 Å². The monoisotopic (exact) mass is 358 g/mol. The summed E-state index contributed by atoms with van der Waals surface area (Å²) in [6.45, 7) is 1.43. The lowest BCUT2D eigenvalue weighted by molar-refractivity contribution is -0.115. The quantitative estimate of drug-likeness (QED) is 0.753. The van der Waals surface area contributed by atoms with Crippen LogP contribution in [0.25, 0.3) is 0 Å². The fraction of sp³-hybridized carbons (Fsp3) is 0.438. The van der Waals surface area contributed by atoms with Crippen LogP contribution in [0.1, 0.15) is 24.8 Å². The molecule has 25 heavy (non-hydrogen) atoms. The van der Waals surface area contributed by atoms with E-state index in [1.165, 1.54) is 11.8 Å².